The summed E-state index contributed by atoms with van der Waals surface area (Å²) < 4.78 is 5.51. The van der Waals surface area contributed by atoms with Gasteiger partial charge in [0, 0.05) is 13.7 Å². The number of ether oxygens (including phenoxy) is 1. The Morgan fingerprint density at radius 1 is 1.60 bits per heavy atom. The largest absolute Gasteiger partial charge is 0.377 e. The number of nitrogens with one attached hydrogen (secondary N) is 1. The van der Waals surface area contributed by atoms with Crippen LogP contribution in [0.1, 0.15) is 19.3 Å². The second-order valence-electron chi connectivity index (χ2n) is 3.63. The molecule has 0 amide bonds. The molecular formula is C8H15NO. The van der Waals surface area contributed by atoms with Crippen molar-refractivity contribution in [3.63, 3.8) is 0 Å². The minimum absolute atomic E-state index is 0.225. The summed E-state index contributed by atoms with van der Waals surface area (Å²) in [6.45, 7) is 2.28. The molecule has 1 saturated heterocycles. The van der Waals surface area contributed by atoms with Crippen LogP contribution < -0.4 is 5.32 Å². The van der Waals surface area contributed by atoms with Gasteiger partial charge < -0.3 is 10.1 Å². The van der Waals surface area contributed by atoms with Crippen molar-refractivity contribution in [1.82, 2.24) is 5.32 Å². The Morgan fingerprint density at radius 3 is 3.20 bits per heavy atom. The van der Waals surface area contributed by atoms with Crippen molar-refractivity contribution in [3.8, 4) is 0 Å². The van der Waals surface area contributed by atoms with Crippen LogP contribution in [0.25, 0.3) is 0 Å². The van der Waals surface area contributed by atoms with Gasteiger partial charge in [0.05, 0.1) is 5.60 Å². The molecule has 2 atom stereocenters. The number of hydrogen-bond acceptors (Lipinski definition) is 2. The van der Waals surface area contributed by atoms with Crippen molar-refractivity contribution < 1.29 is 4.74 Å². The summed E-state index contributed by atoms with van der Waals surface area (Å²) in [5.74, 6) is 0.897. The molecule has 2 heteroatoms. The third kappa shape index (κ3) is 0.867. The topological polar surface area (TPSA) is 21.3 Å². The molecule has 2 aliphatic rings. The second kappa shape index (κ2) is 2.21. The molecule has 10 heavy (non-hydrogen) atoms. The normalized spacial score (nSPS) is 45.9. The molecule has 0 radical (unpaired) electrons. The van der Waals surface area contributed by atoms with Crippen LogP contribution in [-0.2, 0) is 4.74 Å². The summed E-state index contributed by atoms with van der Waals surface area (Å²) in [6.07, 6.45) is 3.92. The van der Waals surface area contributed by atoms with Gasteiger partial charge in [-0.1, -0.05) is 0 Å². The smallest absolute Gasteiger partial charge is 0.0805 e. The first-order valence-corrected chi connectivity index (χ1v) is 4.10. The lowest BCUT2D eigenvalue weighted by molar-refractivity contribution is -0.0154. The summed E-state index contributed by atoms with van der Waals surface area (Å²) in [7, 11) is 1.84. The lowest BCUT2D eigenvalue weighted by Crippen LogP contribution is -2.45. The molecule has 0 aromatic rings. The van der Waals surface area contributed by atoms with E-state index in [1.165, 1.54) is 25.8 Å². The van der Waals surface area contributed by atoms with Crippen molar-refractivity contribution in [2.45, 2.75) is 24.9 Å². The van der Waals surface area contributed by atoms with Crippen LogP contribution in [0.4, 0.5) is 0 Å². The van der Waals surface area contributed by atoms with Gasteiger partial charge in [-0.2, -0.15) is 0 Å². The first-order chi connectivity index (χ1) is 4.85. The van der Waals surface area contributed by atoms with Gasteiger partial charge in [0.1, 0.15) is 0 Å². The fourth-order valence-electron chi connectivity index (χ4n) is 2.29. The summed E-state index contributed by atoms with van der Waals surface area (Å²) in [5, 5.41) is 3.41. The lowest BCUT2D eigenvalue weighted by Gasteiger charge is -2.32. The molecule has 58 valence electrons. The zero-order valence-corrected chi connectivity index (χ0v) is 6.52. The maximum absolute atomic E-state index is 5.51. The maximum atomic E-state index is 5.51. The quantitative estimate of drug-likeness (QED) is 0.582. The monoisotopic (exact) mass is 141 g/mol. The Balaban J connectivity index is 2.10. The van der Waals surface area contributed by atoms with Crippen LogP contribution in [0, 0.1) is 5.92 Å². The van der Waals surface area contributed by atoms with Crippen molar-refractivity contribution in [2.24, 2.45) is 5.92 Å². The molecule has 2 fully saturated rings. The lowest BCUT2D eigenvalue weighted by atomic mass is 9.96. The number of fused-ring (bicyclic) bond motifs is 2. The zero-order valence-electron chi connectivity index (χ0n) is 6.52. The number of piperidine rings is 1. The highest BCUT2D eigenvalue weighted by molar-refractivity contribution is 4.96. The van der Waals surface area contributed by atoms with E-state index in [4.69, 9.17) is 4.74 Å². The van der Waals surface area contributed by atoms with Crippen LogP contribution in [0.15, 0.2) is 0 Å². The van der Waals surface area contributed by atoms with Crippen LogP contribution in [0.3, 0.4) is 0 Å². The van der Waals surface area contributed by atoms with Gasteiger partial charge in [0.25, 0.3) is 0 Å². The first kappa shape index (κ1) is 6.62. The minimum atomic E-state index is 0.225. The molecule has 0 spiro atoms. The average Bonchev–Trinajstić information content (AvgIpc) is 2.29. The zero-order chi connectivity index (χ0) is 7.03. The Kier molecular flexibility index (Phi) is 1.46. The molecule has 1 aliphatic heterocycles. The Morgan fingerprint density at radius 2 is 2.50 bits per heavy atom. The van der Waals surface area contributed by atoms with E-state index in [0.717, 1.165) is 12.5 Å². The summed E-state index contributed by atoms with van der Waals surface area (Å²) in [5.41, 5.74) is 0.225. The van der Waals surface area contributed by atoms with Gasteiger partial charge in [-0.05, 0) is 31.7 Å². The molecule has 2 nitrogen and oxygen atoms in total. The van der Waals surface area contributed by atoms with E-state index in [1.54, 1.807) is 0 Å². The van der Waals surface area contributed by atoms with E-state index < -0.39 is 0 Å². The predicted octanol–water partition coefficient (Wildman–Crippen LogP) is 0.775. The average molecular weight is 141 g/mol. The van der Waals surface area contributed by atoms with Crippen LogP contribution in [-0.4, -0.2) is 25.8 Å². The fraction of sp³-hybridized carbons (Fsp3) is 1.00. The van der Waals surface area contributed by atoms with Crippen LogP contribution >= 0.6 is 0 Å². The highest BCUT2D eigenvalue weighted by Gasteiger charge is 2.41. The summed E-state index contributed by atoms with van der Waals surface area (Å²) >= 11 is 0. The van der Waals surface area contributed by atoms with E-state index in [0.29, 0.717) is 0 Å². The van der Waals surface area contributed by atoms with E-state index in [9.17, 15) is 0 Å². The molecule has 0 aromatic carbocycles. The van der Waals surface area contributed by atoms with Crippen LogP contribution in [0.2, 0.25) is 0 Å². The predicted molar refractivity (Wildman–Crippen MR) is 40.0 cm³/mol. The highest BCUT2D eigenvalue weighted by atomic mass is 16.5. The van der Waals surface area contributed by atoms with Crippen molar-refractivity contribution >= 4 is 0 Å². The third-order valence-corrected chi connectivity index (χ3v) is 2.98. The van der Waals surface area contributed by atoms with E-state index >= 15 is 0 Å². The van der Waals surface area contributed by atoms with Gasteiger partial charge in [-0.15, -0.1) is 0 Å². The fourth-order valence-corrected chi connectivity index (χ4v) is 2.29. The van der Waals surface area contributed by atoms with Gasteiger partial charge in [-0.25, -0.2) is 0 Å². The maximum Gasteiger partial charge on any atom is 0.0805 e. The van der Waals surface area contributed by atoms with Crippen molar-refractivity contribution in [3.05, 3.63) is 0 Å². The number of hydrogen-bond donors (Lipinski definition) is 1. The van der Waals surface area contributed by atoms with Crippen molar-refractivity contribution in [2.75, 3.05) is 20.2 Å². The molecule has 0 aromatic heterocycles. The van der Waals surface area contributed by atoms with E-state index in [-0.39, 0.29) is 5.60 Å². The van der Waals surface area contributed by atoms with Gasteiger partial charge in [0.15, 0.2) is 0 Å². The molecule has 1 saturated carbocycles. The molecular weight excluding hydrogens is 126 g/mol. The van der Waals surface area contributed by atoms with E-state index in [2.05, 4.69) is 5.32 Å². The van der Waals surface area contributed by atoms with Crippen molar-refractivity contribution in [1.29, 1.82) is 0 Å². The molecule has 1 heterocycles. The first-order valence-electron chi connectivity index (χ1n) is 4.10. The number of rotatable bonds is 1. The van der Waals surface area contributed by atoms with Gasteiger partial charge >= 0.3 is 0 Å². The highest BCUT2D eigenvalue weighted by Crippen LogP contribution is 2.38. The molecule has 2 bridgehead atoms. The Hall–Kier alpha value is -0.0800. The Bertz CT molecular complexity index is 133. The molecule has 1 aliphatic carbocycles. The van der Waals surface area contributed by atoms with Gasteiger partial charge in [-0.3, -0.25) is 0 Å². The van der Waals surface area contributed by atoms with E-state index in [1.807, 2.05) is 7.11 Å². The molecule has 2 unspecified atom stereocenters. The molecule has 1 N–H and O–H groups in total. The third-order valence-electron chi connectivity index (χ3n) is 2.98. The summed E-state index contributed by atoms with van der Waals surface area (Å²) in [6, 6.07) is 0. The van der Waals surface area contributed by atoms with Crippen LogP contribution in [0.5, 0.6) is 0 Å². The Labute approximate surface area is 61.9 Å². The summed E-state index contributed by atoms with van der Waals surface area (Å²) in [4.78, 5) is 0. The SMILES string of the molecule is COC12CCC(CNC1)C2. The minimum Gasteiger partial charge on any atom is -0.377 e. The number of methoxy groups -OCH3 is 1. The second-order valence-corrected chi connectivity index (χ2v) is 3.63. The molecule has 2 rings (SSSR count). The standard InChI is InChI=1S/C8H15NO/c1-10-8-3-2-7(4-8)5-9-6-8/h7,9H,2-6H2,1H3. The van der Waals surface area contributed by atoms with Gasteiger partial charge in [0.2, 0.25) is 0 Å².